The summed E-state index contributed by atoms with van der Waals surface area (Å²) in [6.07, 6.45) is -4.43. The second kappa shape index (κ2) is 9.73. The minimum atomic E-state index is -4.85. The minimum Gasteiger partial charge on any atom is -0.452 e. The molecule has 5 aromatic rings. The molecule has 4 heterocycles. The lowest BCUT2D eigenvalue weighted by Crippen LogP contribution is -2.18. The van der Waals surface area contributed by atoms with Crippen molar-refractivity contribution in [2.45, 2.75) is 38.4 Å². The fourth-order valence-corrected chi connectivity index (χ4v) is 4.67. The van der Waals surface area contributed by atoms with Gasteiger partial charge in [-0.1, -0.05) is 12.1 Å². The average Bonchev–Trinajstić information content (AvgIpc) is 3.34. The Labute approximate surface area is 228 Å². The van der Waals surface area contributed by atoms with E-state index in [-0.39, 0.29) is 45.8 Å². The number of aromatic nitrogens is 5. The summed E-state index contributed by atoms with van der Waals surface area (Å²) in [4.78, 5) is 19.1. The number of fused-ring (bicyclic) bond motifs is 1. The maximum Gasteiger partial charge on any atom is 0.433 e. The van der Waals surface area contributed by atoms with E-state index in [4.69, 9.17) is 9.47 Å². The van der Waals surface area contributed by atoms with Crippen LogP contribution < -0.4 is 15.7 Å². The van der Waals surface area contributed by atoms with Crippen molar-refractivity contribution in [2.75, 3.05) is 5.32 Å². The maximum atomic E-state index is 15.0. The summed E-state index contributed by atoms with van der Waals surface area (Å²) in [5.74, 6) is -1.58. The van der Waals surface area contributed by atoms with Gasteiger partial charge in [0, 0.05) is 35.6 Å². The van der Waals surface area contributed by atoms with Gasteiger partial charge in [-0.2, -0.15) is 18.3 Å². The van der Waals surface area contributed by atoms with Gasteiger partial charge in [0.1, 0.15) is 23.1 Å². The molecule has 0 spiro atoms. The minimum absolute atomic E-state index is 0.147. The average molecular weight is 572 g/mol. The Kier molecular flexibility index (Phi) is 6.29. The Morgan fingerprint density at radius 2 is 1.85 bits per heavy atom. The zero-order valence-electron chi connectivity index (χ0n) is 21.4. The molecule has 9 nitrogen and oxygen atoms in total. The lowest BCUT2D eigenvalue weighted by atomic mass is 10.1. The highest BCUT2D eigenvalue weighted by molar-refractivity contribution is 5.78. The first-order valence-corrected chi connectivity index (χ1v) is 12.4. The number of halogens is 5. The van der Waals surface area contributed by atoms with Crippen LogP contribution >= 0.6 is 0 Å². The van der Waals surface area contributed by atoms with E-state index in [1.54, 1.807) is 0 Å². The van der Waals surface area contributed by atoms with Gasteiger partial charge in [0.2, 0.25) is 0 Å². The fourth-order valence-electron chi connectivity index (χ4n) is 4.67. The molecule has 1 aliphatic heterocycles. The lowest BCUT2D eigenvalue weighted by molar-refractivity contribution is -0.143. The summed E-state index contributed by atoms with van der Waals surface area (Å²) in [6.45, 7) is 3.62. The lowest BCUT2D eigenvalue weighted by Gasteiger charge is -2.13. The Morgan fingerprint density at radius 1 is 1.07 bits per heavy atom. The number of hydrogen-bond donors (Lipinski definition) is 2. The molecule has 14 heteroatoms. The predicted molar refractivity (Wildman–Crippen MR) is 137 cm³/mol. The molecule has 2 N–H and O–H groups in total. The van der Waals surface area contributed by atoms with E-state index in [0.29, 0.717) is 10.2 Å². The van der Waals surface area contributed by atoms with E-state index in [0.717, 1.165) is 18.3 Å². The molecule has 0 radical (unpaired) electrons. The molecule has 3 aromatic heterocycles. The summed E-state index contributed by atoms with van der Waals surface area (Å²) in [7, 11) is 0. The zero-order valence-corrected chi connectivity index (χ0v) is 21.4. The summed E-state index contributed by atoms with van der Waals surface area (Å²) >= 11 is 0. The van der Waals surface area contributed by atoms with Crippen LogP contribution in [0.1, 0.15) is 37.3 Å². The van der Waals surface area contributed by atoms with Crippen molar-refractivity contribution >= 4 is 16.9 Å². The first-order chi connectivity index (χ1) is 19.5. The normalized spacial score (nSPS) is 16.9. The van der Waals surface area contributed by atoms with E-state index < -0.39 is 35.8 Å². The monoisotopic (exact) mass is 572 g/mol. The second-order valence-corrected chi connectivity index (χ2v) is 9.58. The fraction of sp³-hybridized carbons (Fsp3) is 0.222. The number of rotatable bonds is 7. The van der Waals surface area contributed by atoms with Gasteiger partial charge < -0.3 is 14.8 Å². The van der Waals surface area contributed by atoms with Crippen molar-refractivity contribution in [2.24, 2.45) is 0 Å². The number of imidazole rings is 1. The van der Waals surface area contributed by atoms with Crippen molar-refractivity contribution in [3.05, 3.63) is 94.3 Å². The molecular formula is C27H21F5N6O3. The summed E-state index contributed by atoms with van der Waals surface area (Å²) < 4.78 is 84.4. The van der Waals surface area contributed by atoms with E-state index >= 15 is 4.39 Å². The summed E-state index contributed by atoms with van der Waals surface area (Å²) in [5, 5.41) is 6.60. The van der Waals surface area contributed by atoms with Gasteiger partial charge in [-0.25, -0.2) is 23.2 Å². The summed E-state index contributed by atoms with van der Waals surface area (Å²) in [5.41, 5.74) is -1.31. The highest BCUT2D eigenvalue weighted by Crippen LogP contribution is 2.46. The van der Waals surface area contributed by atoms with E-state index in [1.165, 1.54) is 47.2 Å². The number of H-pyrrole nitrogens is 1. The molecule has 212 valence electrons. The quantitative estimate of drug-likeness (QED) is 0.181. The van der Waals surface area contributed by atoms with E-state index in [1.807, 2.05) is 13.8 Å². The molecular weight excluding hydrogens is 551 g/mol. The second-order valence-electron chi connectivity index (χ2n) is 9.58. The Morgan fingerprint density at radius 3 is 2.56 bits per heavy atom. The molecule has 2 atom stereocenters. The van der Waals surface area contributed by atoms with Gasteiger partial charge in [0.05, 0.1) is 6.20 Å². The molecule has 0 saturated carbocycles. The van der Waals surface area contributed by atoms with Crippen LogP contribution in [0.15, 0.2) is 65.7 Å². The third-order valence-corrected chi connectivity index (χ3v) is 6.49. The molecule has 1 saturated heterocycles. The molecule has 0 aliphatic carbocycles. The SMILES string of the molecule is CC(C)n1c(=O)[nH]c2nccc(Oc3ccc(NC4OC4c4cnn(-c5ccccc5F)c4C(F)(F)F)cc3F)c21. The van der Waals surface area contributed by atoms with Gasteiger partial charge in [-0.3, -0.25) is 9.55 Å². The molecule has 0 bridgehead atoms. The first kappa shape index (κ1) is 26.5. The predicted octanol–water partition coefficient (Wildman–Crippen LogP) is 6.09. The number of epoxide rings is 1. The largest absolute Gasteiger partial charge is 0.452 e. The van der Waals surface area contributed by atoms with Crippen LogP contribution in [0.2, 0.25) is 0 Å². The number of para-hydroxylation sites is 1. The van der Waals surface area contributed by atoms with Gasteiger partial charge in [-0.05, 0) is 38.1 Å². The van der Waals surface area contributed by atoms with Crippen LogP contribution in [0.3, 0.4) is 0 Å². The molecule has 2 unspecified atom stereocenters. The van der Waals surface area contributed by atoms with Crippen molar-refractivity contribution in [3.8, 4) is 17.2 Å². The number of nitrogens with one attached hydrogen (secondary N) is 2. The number of aromatic amines is 1. The van der Waals surface area contributed by atoms with Crippen LogP contribution in [0.25, 0.3) is 16.9 Å². The number of anilines is 1. The third kappa shape index (κ3) is 4.79. The standard InChI is InChI=1S/C27H21F5N6O3/c1-13(2)37-21-20(9-10-33-24(21)36-26(37)39)40-19-8-7-14(11-17(19)29)35-25-22(41-25)15-12-34-38(23(15)27(30,31)32)18-6-4-3-5-16(18)28/h3-13,22,25,35H,1-2H3,(H,33,36,39). The van der Waals surface area contributed by atoms with Crippen molar-refractivity contribution in [1.82, 2.24) is 24.3 Å². The Hall–Kier alpha value is -4.72. The Bertz CT molecular complexity index is 1830. The molecule has 41 heavy (non-hydrogen) atoms. The molecule has 1 fully saturated rings. The number of hydrogen-bond acceptors (Lipinski definition) is 6. The number of benzene rings is 2. The number of ether oxygens (including phenoxy) is 2. The highest BCUT2D eigenvalue weighted by Gasteiger charge is 2.49. The summed E-state index contributed by atoms with van der Waals surface area (Å²) in [6, 6.07) is 10.2. The van der Waals surface area contributed by atoms with Gasteiger partial charge in [0.25, 0.3) is 0 Å². The molecule has 1 aliphatic rings. The van der Waals surface area contributed by atoms with E-state index in [9.17, 15) is 22.4 Å². The van der Waals surface area contributed by atoms with Gasteiger partial charge >= 0.3 is 11.9 Å². The smallest absolute Gasteiger partial charge is 0.433 e. The van der Waals surface area contributed by atoms with Crippen molar-refractivity contribution in [1.29, 1.82) is 0 Å². The highest BCUT2D eigenvalue weighted by atomic mass is 19.4. The van der Waals surface area contributed by atoms with Gasteiger partial charge in [0.15, 0.2) is 34.9 Å². The molecule has 0 amide bonds. The van der Waals surface area contributed by atoms with Crippen LogP contribution in [-0.4, -0.2) is 30.5 Å². The van der Waals surface area contributed by atoms with Gasteiger partial charge in [-0.15, -0.1) is 0 Å². The van der Waals surface area contributed by atoms with Crippen LogP contribution in [0, 0.1) is 11.6 Å². The number of alkyl halides is 3. The maximum absolute atomic E-state index is 15.0. The van der Waals surface area contributed by atoms with Crippen LogP contribution in [-0.2, 0) is 10.9 Å². The zero-order chi connectivity index (χ0) is 29.1. The van der Waals surface area contributed by atoms with Crippen LogP contribution in [0.5, 0.6) is 11.5 Å². The number of pyridine rings is 1. The molecule has 6 rings (SSSR count). The Balaban J connectivity index is 1.22. The molecule has 2 aromatic carbocycles. The van der Waals surface area contributed by atoms with E-state index in [2.05, 4.69) is 20.4 Å². The van der Waals surface area contributed by atoms with Crippen LogP contribution in [0.4, 0.5) is 27.6 Å². The first-order valence-electron chi connectivity index (χ1n) is 12.4. The third-order valence-electron chi connectivity index (χ3n) is 6.49. The van der Waals surface area contributed by atoms with Crippen molar-refractivity contribution in [3.63, 3.8) is 0 Å². The topological polar surface area (TPSA) is 102 Å². The van der Waals surface area contributed by atoms with Crippen molar-refractivity contribution < 1.29 is 31.4 Å². The number of nitrogens with zero attached hydrogens (tertiary/aromatic N) is 4.